The molecule has 4 N–H and O–H groups in total. The molecule has 2 aromatic carbocycles. The molecule has 0 radical (unpaired) electrons. The first-order chi connectivity index (χ1) is 8.17. The first kappa shape index (κ1) is 11.8. The van der Waals surface area contributed by atoms with Crippen LogP contribution in [0.5, 0.6) is 0 Å². The summed E-state index contributed by atoms with van der Waals surface area (Å²) in [5.41, 5.74) is 11.5. The van der Waals surface area contributed by atoms with Gasteiger partial charge in [-0.15, -0.1) is 0 Å². The molecule has 0 saturated carbocycles. The highest BCUT2D eigenvalue weighted by atomic mass is 16.1. The number of benzene rings is 2. The van der Waals surface area contributed by atoms with E-state index in [0.29, 0.717) is 6.42 Å². The highest BCUT2D eigenvalue weighted by Gasteiger charge is 2.22. The van der Waals surface area contributed by atoms with Gasteiger partial charge in [0, 0.05) is 6.54 Å². The summed E-state index contributed by atoms with van der Waals surface area (Å²) in [5, 5.41) is 2.33. The van der Waals surface area contributed by atoms with E-state index in [9.17, 15) is 4.79 Å². The summed E-state index contributed by atoms with van der Waals surface area (Å²) in [4.78, 5) is 10.9. The molecule has 1 atom stereocenters. The second kappa shape index (κ2) is 4.65. The zero-order valence-corrected chi connectivity index (χ0v) is 9.60. The highest BCUT2D eigenvalue weighted by Crippen LogP contribution is 2.17. The van der Waals surface area contributed by atoms with Crippen molar-refractivity contribution in [3.8, 4) is 0 Å². The van der Waals surface area contributed by atoms with Gasteiger partial charge in [-0.1, -0.05) is 42.5 Å². The van der Waals surface area contributed by atoms with Crippen molar-refractivity contribution in [2.24, 2.45) is 11.5 Å². The second-order valence-corrected chi connectivity index (χ2v) is 4.41. The lowest BCUT2D eigenvalue weighted by Crippen LogP contribution is -2.50. The predicted octanol–water partition coefficient (Wildman–Crippen LogP) is 1.24. The highest BCUT2D eigenvalue weighted by molar-refractivity contribution is 5.83. The number of hydrogen-bond donors (Lipinski definition) is 2. The van der Waals surface area contributed by atoms with Gasteiger partial charge >= 0.3 is 0 Å². The number of rotatable bonds is 4. The number of nitrogens with two attached hydrogens (primary N) is 2. The lowest BCUT2D eigenvalue weighted by atomic mass is 9.92. The van der Waals surface area contributed by atoms with E-state index in [1.54, 1.807) is 0 Å². The van der Waals surface area contributed by atoms with Gasteiger partial charge in [-0.25, -0.2) is 0 Å². The van der Waals surface area contributed by atoms with E-state index in [-0.39, 0.29) is 6.54 Å². The molecule has 2 aromatic rings. The Labute approximate surface area is 100 Å². The van der Waals surface area contributed by atoms with Gasteiger partial charge in [-0.2, -0.15) is 0 Å². The van der Waals surface area contributed by atoms with E-state index >= 15 is 0 Å². The average molecular weight is 228 g/mol. The average Bonchev–Trinajstić information content (AvgIpc) is 2.38. The Balaban J connectivity index is 2.34. The van der Waals surface area contributed by atoms with Crippen LogP contribution in [0.3, 0.4) is 0 Å². The van der Waals surface area contributed by atoms with E-state index in [1.165, 1.54) is 5.39 Å². The number of carbonyl (C=O) groups is 1. The van der Waals surface area contributed by atoms with Gasteiger partial charge in [-0.05, 0) is 22.8 Å². The van der Waals surface area contributed by atoms with E-state index < -0.39 is 5.54 Å². The van der Waals surface area contributed by atoms with E-state index in [4.69, 9.17) is 11.5 Å². The largest absolute Gasteiger partial charge is 0.328 e. The monoisotopic (exact) mass is 228 g/mol. The topological polar surface area (TPSA) is 69.1 Å². The maximum atomic E-state index is 10.9. The third-order valence-corrected chi connectivity index (χ3v) is 2.96. The second-order valence-electron chi connectivity index (χ2n) is 4.41. The molecule has 88 valence electrons. The minimum absolute atomic E-state index is 0.156. The van der Waals surface area contributed by atoms with Crippen molar-refractivity contribution >= 4 is 17.1 Å². The molecule has 0 aromatic heterocycles. The summed E-state index contributed by atoms with van der Waals surface area (Å²) in [6.07, 6.45) is 1.21. The van der Waals surface area contributed by atoms with Crippen LogP contribution in [0.1, 0.15) is 5.56 Å². The molecule has 0 aliphatic heterocycles. The summed E-state index contributed by atoms with van der Waals surface area (Å²) < 4.78 is 0. The molecular weight excluding hydrogens is 212 g/mol. The van der Waals surface area contributed by atoms with Crippen molar-refractivity contribution in [3.63, 3.8) is 0 Å². The normalized spacial score (nSPS) is 14.5. The molecule has 0 amide bonds. The number of carbonyl (C=O) groups excluding carboxylic acids is 1. The fourth-order valence-corrected chi connectivity index (χ4v) is 1.89. The zero-order valence-electron chi connectivity index (χ0n) is 9.60. The Bertz CT molecular complexity index is 538. The molecule has 0 saturated heterocycles. The van der Waals surface area contributed by atoms with Gasteiger partial charge in [0.2, 0.25) is 0 Å². The van der Waals surface area contributed by atoms with Crippen LogP contribution in [0.25, 0.3) is 10.8 Å². The quantitative estimate of drug-likeness (QED) is 0.773. The Morgan fingerprint density at radius 3 is 2.47 bits per heavy atom. The van der Waals surface area contributed by atoms with Crippen molar-refractivity contribution in [2.75, 3.05) is 6.54 Å². The van der Waals surface area contributed by atoms with Crippen LogP contribution in [-0.4, -0.2) is 18.4 Å². The molecule has 2 rings (SSSR count). The molecule has 17 heavy (non-hydrogen) atoms. The van der Waals surface area contributed by atoms with Crippen LogP contribution >= 0.6 is 0 Å². The molecule has 0 bridgehead atoms. The van der Waals surface area contributed by atoms with Crippen molar-refractivity contribution in [3.05, 3.63) is 48.0 Å². The first-order valence-electron chi connectivity index (χ1n) is 5.60. The summed E-state index contributed by atoms with van der Waals surface area (Å²) in [7, 11) is 0. The fraction of sp³-hybridized carbons (Fsp3) is 0.214. The van der Waals surface area contributed by atoms with Gasteiger partial charge in [0.05, 0.1) is 5.54 Å². The molecule has 3 heteroatoms. The van der Waals surface area contributed by atoms with E-state index in [1.807, 2.05) is 30.3 Å². The molecule has 0 unspecified atom stereocenters. The lowest BCUT2D eigenvalue weighted by Gasteiger charge is -2.20. The number of hydrogen-bond acceptors (Lipinski definition) is 3. The van der Waals surface area contributed by atoms with Crippen LogP contribution in [-0.2, 0) is 11.2 Å². The van der Waals surface area contributed by atoms with Gasteiger partial charge in [0.1, 0.15) is 6.29 Å². The summed E-state index contributed by atoms with van der Waals surface area (Å²) in [5.74, 6) is 0. The molecule has 0 aliphatic rings. The van der Waals surface area contributed by atoms with Gasteiger partial charge in [-0.3, -0.25) is 0 Å². The van der Waals surface area contributed by atoms with Crippen LogP contribution in [0.4, 0.5) is 0 Å². The van der Waals surface area contributed by atoms with E-state index in [2.05, 4.69) is 12.1 Å². The molecule has 0 aliphatic carbocycles. The minimum atomic E-state index is -0.956. The summed E-state index contributed by atoms with van der Waals surface area (Å²) in [6, 6.07) is 14.2. The first-order valence-corrected chi connectivity index (χ1v) is 5.60. The fourth-order valence-electron chi connectivity index (χ4n) is 1.89. The maximum Gasteiger partial charge on any atom is 0.141 e. The maximum absolute atomic E-state index is 10.9. The molecule has 0 fully saturated rings. The van der Waals surface area contributed by atoms with Crippen molar-refractivity contribution < 1.29 is 4.79 Å². The Hall–Kier alpha value is -1.71. The van der Waals surface area contributed by atoms with Gasteiger partial charge in [0.15, 0.2) is 0 Å². The van der Waals surface area contributed by atoms with Gasteiger partial charge < -0.3 is 16.3 Å². The SMILES string of the molecule is NC[C@@](N)(C=O)Cc1ccc2ccccc2c1. The molecule has 0 heterocycles. The van der Waals surface area contributed by atoms with E-state index in [0.717, 1.165) is 17.2 Å². The summed E-state index contributed by atoms with van der Waals surface area (Å²) >= 11 is 0. The zero-order chi connectivity index (χ0) is 12.3. The summed E-state index contributed by atoms with van der Waals surface area (Å²) in [6.45, 7) is 0.156. The minimum Gasteiger partial charge on any atom is -0.328 e. The molecule has 0 spiro atoms. The Morgan fingerprint density at radius 1 is 1.12 bits per heavy atom. The van der Waals surface area contributed by atoms with Crippen molar-refractivity contribution in [1.82, 2.24) is 0 Å². The third-order valence-electron chi connectivity index (χ3n) is 2.96. The van der Waals surface area contributed by atoms with Crippen LogP contribution < -0.4 is 11.5 Å². The van der Waals surface area contributed by atoms with Crippen LogP contribution in [0, 0.1) is 0 Å². The smallest absolute Gasteiger partial charge is 0.141 e. The molecule has 3 nitrogen and oxygen atoms in total. The van der Waals surface area contributed by atoms with Crippen LogP contribution in [0.2, 0.25) is 0 Å². The lowest BCUT2D eigenvalue weighted by molar-refractivity contribution is -0.111. The van der Waals surface area contributed by atoms with Crippen molar-refractivity contribution in [1.29, 1.82) is 0 Å². The molecular formula is C14H16N2O. The third kappa shape index (κ3) is 2.52. The Kier molecular flexibility index (Phi) is 3.22. The standard InChI is InChI=1S/C14H16N2O/c15-9-14(16,10-17)8-11-5-6-12-3-1-2-4-13(12)7-11/h1-7,10H,8-9,15-16H2/t14-/m1/s1. The number of aldehydes is 1. The Morgan fingerprint density at radius 2 is 1.82 bits per heavy atom. The van der Waals surface area contributed by atoms with Crippen LogP contribution in [0.15, 0.2) is 42.5 Å². The predicted molar refractivity (Wildman–Crippen MR) is 69.7 cm³/mol. The van der Waals surface area contributed by atoms with Gasteiger partial charge in [0.25, 0.3) is 0 Å². The number of fused-ring (bicyclic) bond motifs is 1. The van der Waals surface area contributed by atoms with Crippen molar-refractivity contribution in [2.45, 2.75) is 12.0 Å².